The van der Waals surface area contributed by atoms with Gasteiger partial charge in [0.15, 0.2) is 0 Å². The van der Waals surface area contributed by atoms with Crippen molar-refractivity contribution in [1.82, 2.24) is 5.32 Å². The number of methoxy groups -OCH3 is 1. The van der Waals surface area contributed by atoms with E-state index in [4.69, 9.17) is 4.74 Å². The smallest absolute Gasteiger partial charge is 0.116 e. The standard InChI is InChI=1S/C11H17NO/c1-6-9(3)11(12-4)8-10(7-2)13-5/h6-8,12H,1,3H2,2,4-5H3/b10-7+,11-8+. The fourth-order valence-electron chi connectivity index (χ4n) is 0.838. The van der Waals surface area contributed by atoms with Crippen molar-refractivity contribution in [2.75, 3.05) is 14.2 Å². The van der Waals surface area contributed by atoms with E-state index in [-0.39, 0.29) is 0 Å². The normalized spacial score (nSPS) is 12.2. The van der Waals surface area contributed by atoms with Crippen LogP contribution in [-0.4, -0.2) is 14.2 Å². The van der Waals surface area contributed by atoms with Gasteiger partial charge in [0.05, 0.1) is 7.11 Å². The molecule has 72 valence electrons. The lowest BCUT2D eigenvalue weighted by atomic mass is 10.2. The molecule has 0 radical (unpaired) electrons. The Hall–Kier alpha value is -1.44. The van der Waals surface area contributed by atoms with Gasteiger partial charge in [-0.15, -0.1) is 0 Å². The van der Waals surface area contributed by atoms with Crippen LogP contribution in [0.15, 0.2) is 48.4 Å². The lowest BCUT2D eigenvalue weighted by molar-refractivity contribution is 0.305. The van der Waals surface area contributed by atoms with Gasteiger partial charge >= 0.3 is 0 Å². The number of hydrogen-bond donors (Lipinski definition) is 1. The summed E-state index contributed by atoms with van der Waals surface area (Å²) in [5.41, 5.74) is 1.75. The van der Waals surface area contributed by atoms with E-state index in [0.29, 0.717) is 0 Å². The van der Waals surface area contributed by atoms with Gasteiger partial charge in [-0.2, -0.15) is 0 Å². The largest absolute Gasteiger partial charge is 0.497 e. The number of allylic oxidation sites excluding steroid dienone is 3. The second kappa shape index (κ2) is 6.12. The molecule has 0 fully saturated rings. The quantitative estimate of drug-likeness (QED) is 0.517. The molecule has 0 saturated carbocycles. The minimum absolute atomic E-state index is 0.798. The number of likely N-dealkylation sites (N-methyl/N-ethyl adjacent to an activating group) is 1. The van der Waals surface area contributed by atoms with E-state index in [1.54, 1.807) is 13.2 Å². The van der Waals surface area contributed by atoms with Gasteiger partial charge in [0.1, 0.15) is 5.76 Å². The third-order valence-corrected chi connectivity index (χ3v) is 1.67. The zero-order valence-corrected chi connectivity index (χ0v) is 8.55. The van der Waals surface area contributed by atoms with Crippen molar-refractivity contribution >= 4 is 0 Å². The highest BCUT2D eigenvalue weighted by atomic mass is 16.5. The first-order chi connectivity index (χ1) is 6.19. The SMILES string of the molecule is C=CC(=C)/C(=C\C(=C/C)OC)NC. The van der Waals surface area contributed by atoms with Crippen molar-refractivity contribution in [2.24, 2.45) is 0 Å². The molecule has 0 atom stereocenters. The summed E-state index contributed by atoms with van der Waals surface area (Å²) in [5, 5.41) is 3.02. The molecule has 0 spiro atoms. The lowest BCUT2D eigenvalue weighted by Crippen LogP contribution is -2.07. The fraction of sp³-hybridized carbons (Fsp3) is 0.273. The molecule has 0 bridgehead atoms. The zero-order chi connectivity index (χ0) is 10.3. The van der Waals surface area contributed by atoms with E-state index in [1.165, 1.54) is 0 Å². The second-order valence-electron chi connectivity index (χ2n) is 2.43. The van der Waals surface area contributed by atoms with Crippen LogP contribution in [0.4, 0.5) is 0 Å². The lowest BCUT2D eigenvalue weighted by Gasteiger charge is -2.07. The van der Waals surface area contributed by atoms with E-state index in [1.807, 2.05) is 26.1 Å². The minimum Gasteiger partial charge on any atom is -0.497 e. The molecule has 0 aromatic rings. The molecule has 0 amide bonds. The maximum Gasteiger partial charge on any atom is 0.116 e. The molecule has 0 saturated heterocycles. The number of rotatable bonds is 5. The van der Waals surface area contributed by atoms with Gasteiger partial charge in [-0.25, -0.2) is 0 Å². The average Bonchev–Trinajstić information content (AvgIpc) is 2.19. The van der Waals surface area contributed by atoms with Crippen LogP contribution >= 0.6 is 0 Å². The third kappa shape index (κ3) is 3.65. The van der Waals surface area contributed by atoms with E-state index < -0.39 is 0 Å². The topological polar surface area (TPSA) is 21.3 Å². The van der Waals surface area contributed by atoms with Crippen molar-refractivity contribution in [1.29, 1.82) is 0 Å². The predicted octanol–water partition coefficient (Wildman–Crippen LogP) is 2.38. The van der Waals surface area contributed by atoms with Crippen LogP contribution in [0, 0.1) is 0 Å². The Morgan fingerprint density at radius 1 is 1.46 bits per heavy atom. The molecule has 0 heterocycles. The van der Waals surface area contributed by atoms with Crippen LogP contribution in [0.2, 0.25) is 0 Å². The van der Waals surface area contributed by atoms with Crippen LogP contribution in [0.1, 0.15) is 6.92 Å². The maximum atomic E-state index is 5.10. The predicted molar refractivity (Wildman–Crippen MR) is 57.2 cm³/mol. The highest BCUT2D eigenvalue weighted by Gasteiger charge is 1.97. The molecule has 0 unspecified atom stereocenters. The summed E-state index contributed by atoms with van der Waals surface area (Å²) in [4.78, 5) is 0. The Morgan fingerprint density at radius 2 is 2.08 bits per heavy atom. The minimum atomic E-state index is 0.798. The molecule has 0 rings (SSSR count). The van der Waals surface area contributed by atoms with Gasteiger partial charge in [-0.1, -0.05) is 19.2 Å². The van der Waals surface area contributed by atoms with Crippen molar-refractivity contribution in [3.63, 3.8) is 0 Å². The van der Waals surface area contributed by atoms with Crippen molar-refractivity contribution in [2.45, 2.75) is 6.92 Å². The van der Waals surface area contributed by atoms with E-state index in [9.17, 15) is 0 Å². The van der Waals surface area contributed by atoms with Crippen molar-refractivity contribution < 1.29 is 4.74 Å². The Bertz CT molecular complexity index is 249. The van der Waals surface area contributed by atoms with Crippen LogP contribution < -0.4 is 5.32 Å². The molecule has 0 aromatic heterocycles. The van der Waals surface area contributed by atoms with E-state index in [0.717, 1.165) is 17.0 Å². The number of hydrogen-bond acceptors (Lipinski definition) is 2. The highest BCUT2D eigenvalue weighted by molar-refractivity contribution is 5.38. The van der Waals surface area contributed by atoms with E-state index >= 15 is 0 Å². The first-order valence-corrected chi connectivity index (χ1v) is 4.11. The summed E-state index contributed by atoms with van der Waals surface area (Å²) in [5.74, 6) is 0.798. The van der Waals surface area contributed by atoms with Gasteiger partial charge in [0.2, 0.25) is 0 Å². The summed E-state index contributed by atoms with van der Waals surface area (Å²) >= 11 is 0. The summed E-state index contributed by atoms with van der Waals surface area (Å²) in [7, 11) is 3.47. The number of nitrogens with one attached hydrogen (secondary N) is 1. The van der Waals surface area contributed by atoms with Crippen molar-refractivity contribution in [3.05, 3.63) is 48.4 Å². The Balaban J connectivity index is 4.74. The molecule has 0 aliphatic carbocycles. The molecule has 13 heavy (non-hydrogen) atoms. The van der Waals surface area contributed by atoms with Gasteiger partial charge in [-0.3, -0.25) is 0 Å². The summed E-state index contributed by atoms with van der Waals surface area (Å²) < 4.78 is 5.10. The van der Waals surface area contributed by atoms with Gasteiger partial charge in [0.25, 0.3) is 0 Å². The average molecular weight is 179 g/mol. The van der Waals surface area contributed by atoms with Crippen LogP contribution in [-0.2, 0) is 4.74 Å². The molecule has 0 aliphatic rings. The molecule has 2 nitrogen and oxygen atoms in total. The molecule has 1 N–H and O–H groups in total. The van der Waals surface area contributed by atoms with Gasteiger partial charge in [-0.05, 0) is 18.6 Å². The Labute approximate surface area is 80.3 Å². The highest BCUT2D eigenvalue weighted by Crippen LogP contribution is 2.08. The van der Waals surface area contributed by atoms with Gasteiger partial charge in [0, 0.05) is 18.8 Å². The molecule has 2 heteroatoms. The monoisotopic (exact) mass is 179 g/mol. The Morgan fingerprint density at radius 3 is 2.38 bits per heavy atom. The summed E-state index contributed by atoms with van der Waals surface area (Å²) in [6.07, 6.45) is 5.46. The first-order valence-electron chi connectivity index (χ1n) is 4.11. The third-order valence-electron chi connectivity index (χ3n) is 1.67. The summed E-state index contributed by atoms with van der Waals surface area (Å²) in [6.45, 7) is 9.40. The zero-order valence-electron chi connectivity index (χ0n) is 8.55. The van der Waals surface area contributed by atoms with Gasteiger partial charge < -0.3 is 10.1 Å². The molecular formula is C11H17NO. The van der Waals surface area contributed by atoms with Crippen molar-refractivity contribution in [3.8, 4) is 0 Å². The summed E-state index contributed by atoms with van der Waals surface area (Å²) in [6, 6.07) is 0. The fourth-order valence-corrected chi connectivity index (χ4v) is 0.838. The van der Waals surface area contributed by atoms with Crippen LogP contribution in [0.3, 0.4) is 0 Å². The number of ether oxygens (including phenoxy) is 1. The molecule has 0 aliphatic heterocycles. The van der Waals surface area contributed by atoms with Crippen LogP contribution in [0.25, 0.3) is 0 Å². The maximum absolute atomic E-state index is 5.10. The Kier molecular flexibility index (Phi) is 5.44. The van der Waals surface area contributed by atoms with E-state index in [2.05, 4.69) is 18.5 Å². The first kappa shape index (κ1) is 11.6. The second-order valence-corrected chi connectivity index (χ2v) is 2.43. The molecular weight excluding hydrogens is 162 g/mol. The molecule has 0 aromatic carbocycles. The van der Waals surface area contributed by atoms with Crippen LogP contribution in [0.5, 0.6) is 0 Å².